The van der Waals surface area contributed by atoms with Crippen LogP contribution in [0.2, 0.25) is 5.02 Å². The summed E-state index contributed by atoms with van der Waals surface area (Å²) in [5.74, 6) is -0.164. The molecule has 0 aromatic heterocycles. The molecule has 8 heteroatoms. The number of ether oxygens (including phenoxy) is 2. The van der Waals surface area contributed by atoms with E-state index in [0.717, 1.165) is 11.1 Å². The van der Waals surface area contributed by atoms with E-state index in [4.69, 9.17) is 21.1 Å². The fourth-order valence-electron chi connectivity index (χ4n) is 3.09. The molecule has 3 aromatic carbocycles. The number of amides is 2. The minimum atomic E-state index is -0.626. The largest absolute Gasteiger partial charge is 0.457 e. The number of anilines is 2. The molecule has 0 aliphatic rings. The number of rotatable bonds is 9. The molecule has 7 nitrogen and oxygen atoms in total. The summed E-state index contributed by atoms with van der Waals surface area (Å²) in [7, 11) is 0. The molecule has 3 aromatic rings. The molecule has 34 heavy (non-hydrogen) atoms. The van der Waals surface area contributed by atoms with Crippen LogP contribution in [0.3, 0.4) is 0 Å². The van der Waals surface area contributed by atoms with Gasteiger partial charge in [-0.1, -0.05) is 29.8 Å². The van der Waals surface area contributed by atoms with Crippen molar-refractivity contribution in [3.8, 4) is 11.5 Å². The summed E-state index contributed by atoms with van der Waals surface area (Å²) in [6.45, 7) is 3.35. The molecule has 2 amide bonds. The van der Waals surface area contributed by atoms with Crippen LogP contribution in [0.15, 0.2) is 66.7 Å². The first-order chi connectivity index (χ1) is 16.3. The Hall–Kier alpha value is -3.84. The van der Waals surface area contributed by atoms with E-state index in [-0.39, 0.29) is 18.7 Å². The van der Waals surface area contributed by atoms with Gasteiger partial charge in [-0.2, -0.15) is 0 Å². The number of carbonyl (C=O) groups excluding carboxylic acids is 3. The zero-order chi connectivity index (χ0) is 24.5. The van der Waals surface area contributed by atoms with Crippen molar-refractivity contribution in [2.24, 2.45) is 0 Å². The second-order valence-electron chi connectivity index (χ2n) is 7.60. The van der Waals surface area contributed by atoms with E-state index < -0.39 is 18.5 Å². The minimum Gasteiger partial charge on any atom is -0.457 e. The monoisotopic (exact) mass is 480 g/mol. The van der Waals surface area contributed by atoms with Crippen LogP contribution in [0.1, 0.15) is 24.0 Å². The van der Waals surface area contributed by atoms with Crippen LogP contribution in [-0.2, 0) is 19.1 Å². The molecule has 0 heterocycles. The Labute approximate surface area is 203 Å². The van der Waals surface area contributed by atoms with Crippen molar-refractivity contribution in [1.82, 2.24) is 0 Å². The summed E-state index contributed by atoms with van der Waals surface area (Å²) in [5.41, 5.74) is 3.10. The fourth-order valence-corrected chi connectivity index (χ4v) is 3.22. The van der Waals surface area contributed by atoms with Gasteiger partial charge < -0.3 is 20.1 Å². The van der Waals surface area contributed by atoms with Crippen molar-refractivity contribution < 1.29 is 23.9 Å². The maximum atomic E-state index is 12.1. The second-order valence-corrected chi connectivity index (χ2v) is 8.04. The van der Waals surface area contributed by atoms with Gasteiger partial charge in [0.15, 0.2) is 6.61 Å². The molecular weight excluding hydrogens is 456 g/mol. The van der Waals surface area contributed by atoms with Crippen LogP contribution in [0.25, 0.3) is 0 Å². The maximum Gasteiger partial charge on any atom is 0.306 e. The third-order valence-corrected chi connectivity index (χ3v) is 5.11. The molecule has 176 valence electrons. The van der Waals surface area contributed by atoms with Gasteiger partial charge in [-0.3, -0.25) is 14.4 Å². The molecule has 0 spiro atoms. The number of benzene rings is 3. The molecule has 0 saturated heterocycles. The Kier molecular flexibility index (Phi) is 8.65. The highest BCUT2D eigenvalue weighted by molar-refractivity contribution is 6.30. The van der Waals surface area contributed by atoms with E-state index >= 15 is 0 Å². The van der Waals surface area contributed by atoms with Crippen LogP contribution >= 0.6 is 11.6 Å². The van der Waals surface area contributed by atoms with Gasteiger partial charge in [0.1, 0.15) is 11.5 Å². The highest BCUT2D eigenvalue weighted by Gasteiger charge is 2.12. The predicted octanol–water partition coefficient (Wildman–Crippen LogP) is 5.65. The summed E-state index contributed by atoms with van der Waals surface area (Å²) < 4.78 is 10.7. The molecule has 0 aliphatic carbocycles. The summed E-state index contributed by atoms with van der Waals surface area (Å²) in [5, 5.41) is 6.07. The molecule has 0 radical (unpaired) electrons. The van der Waals surface area contributed by atoms with Gasteiger partial charge in [-0.05, 0) is 73.5 Å². The van der Waals surface area contributed by atoms with Gasteiger partial charge in [-0.25, -0.2) is 0 Å². The van der Waals surface area contributed by atoms with Crippen LogP contribution in [0, 0.1) is 13.8 Å². The summed E-state index contributed by atoms with van der Waals surface area (Å²) in [6, 6.07) is 19.5. The average Bonchev–Trinajstić information content (AvgIpc) is 2.81. The van der Waals surface area contributed by atoms with Gasteiger partial charge in [0, 0.05) is 22.8 Å². The van der Waals surface area contributed by atoms with E-state index in [9.17, 15) is 14.4 Å². The van der Waals surface area contributed by atoms with Crippen LogP contribution in [-0.4, -0.2) is 24.4 Å². The van der Waals surface area contributed by atoms with Crippen molar-refractivity contribution in [3.05, 3.63) is 82.9 Å². The molecule has 0 bridgehead atoms. The summed E-state index contributed by atoms with van der Waals surface area (Å²) in [4.78, 5) is 36.1. The molecule has 0 unspecified atom stereocenters. The lowest BCUT2D eigenvalue weighted by Crippen LogP contribution is -2.22. The SMILES string of the molecule is Cc1cccc(C)c1NC(=O)COC(=O)CCC(=O)Nc1ccc(Oc2ccc(Cl)cc2)cc1. The van der Waals surface area contributed by atoms with Gasteiger partial charge in [0.05, 0.1) is 6.42 Å². The van der Waals surface area contributed by atoms with Crippen LogP contribution in [0.5, 0.6) is 11.5 Å². The van der Waals surface area contributed by atoms with Crippen molar-refractivity contribution in [2.75, 3.05) is 17.2 Å². The lowest BCUT2D eigenvalue weighted by molar-refractivity contribution is -0.147. The number of carbonyl (C=O) groups is 3. The highest BCUT2D eigenvalue weighted by atomic mass is 35.5. The first-order valence-corrected chi connectivity index (χ1v) is 11.0. The highest BCUT2D eigenvalue weighted by Crippen LogP contribution is 2.24. The first kappa shape index (κ1) is 24.8. The topological polar surface area (TPSA) is 93.7 Å². The minimum absolute atomic E-state index is 0.0691. The van der Waals surface area contributed by atoms with E-state index in [0.29, 0.717) is 27.9 Å². The fraction of sp³-hybridized carbons (Fsp3) is 0.192. The second kappa shape index (κ2) is 11.9. The number of hydrogen-bond acceptors (Lipinski definition) is 5. The average molecular weight is 481 g/mol. The Morgan fingerprint density at radius 3 is 1.97 bits per heavy atom. The zero-order valence-electron chi connectivity index (χ0n) is 18.9. The normalized spacial score (nSPS) is 10.3. The third kappa shape index (κ3) is 7.64. The molecular formula is C26H25ClN2O5. The van der Waals surface area contributed by atoms with E-state index in [1.807, 2.05) is 32.0 Å². The Morgan fingerprint density at radius 1 is 0.765 bits per heavy atom. The van der Waals surface area contributed by atoms with E-state index in [1.165, 1.54) is 0 Å². The molecule has 0 atom stereocenters. The maximum absolute atomic E-state index is 12.1. The molecule has 0 aliphatic heterocycles. The smallest absolute Gasteiger partial charge is 0.306 e. The Morgan fingerprint density at radius 2 is 1.35 bits per heavy atom. The number of aryl methyl sites for hydroxylation is 2. The Bertz CT molecular complexity index is 1140. The third-order valence-electron chi connectivity index (χ3n) is 4.85. The summed E-state index contributed by atoms with van der Waals surface area (Å²) in [6.07, 6.45) is -0.208. The van der Waals surface area contributed by atoms with Gasteiger partial charge >= 0.3 is 5.97 Å². The molecule has 0 saturated carbocycles. The van der Waals surface area contributed by atoms with Crippen molar-refractivity contribution in [2.45, 2.75) is 26.7 Å². The van der Waals surface area contributed by atoms with Gasteiger partial charge in [0.2, 0.25) is 5.91 Å². The molecule has 3 rings (SSSR count). The number of nitrogens with one attached hydrogen (secondary N) is 2. The van der Waals surface area contributed by atoms with Crippen molar-refractivity contribution >= 4 is 40.8 Å². The number of esters is 1. The predicted molar refractivity (Wildman–Crippen MR) is 131 cm³/mol. The first-order valence-electron chi connectivity index (χ1n) is 10.6. The number of halogens is 1. The van der Waals surface area contributed by atoms with E-state index in [1.54, 1.807) is 48.5 Å². The van der Waals surface area contributed by atoms with Crippen molar-refractivity contribution in [3.63, 3.8) is 0 Å². The van der Waals surface area contributed by atoms with Gasteiger partial charge in [-0.15, -0.1) is 0 Å². The lowest BCUT2D eigenvalue weighted by Gasteiger charge is -2.11. The number of para-hydroxylation sites is 1. The molecule has 2 N–H and O–H groups in total. The van der Waals surface area contributed by atoms with E-state index in [2.05, 4.69) is 10.6 Å². The van der Waals surface area contributed by atoms with Crippen molar-refractivity contribution in [1.29, 1.82) is 0 Å². The molecule has 0 fully saturated rings. The van der Waals surface area contributed by atoms with Crippen LogP contribution < -0.4 is 15.4 Å². The Balaban J connectivity index is 1.38. The van der Waals surface area contributed by atoms with Gasteiger partial charge in [0.25, 0.3) is 5.91 Å². The zero-order valence-corrected chi connectivity index (χ0v) is 19.6. The van der Waals surface area contributed by atoms with Crippen LogP contribution in [0.4, 0.5) is 11.4 Å². The summed E-state index contributed by atoms with van der Waals surface area (Å²) >= 11 is 5.86. The number of hydrogen-bond donors (Lipinski definition) is 2. The quantitative estimate of drug-likeness (QED) is 0.386. The standard InChI is InChI=1S/C26H25ClN2O5/c1-17-4-3-5-18(2)26(17)29-24(31)16-33-25(32)15-14-23(30)28-20-8-12-22(13-9-20)34-21-10-6-19(27)7-11-21/h3-13H,14-16H2,1-2H3,(H,28,30)(H,29,31). The lowest BCUT2D eigenvalue weighted by atomic mass is 10.1.